The third-order valence-electron chi connectivity index (χ3n) is 1.96. The van der Waals surface area contributed by atoms with Gasteiger partial charge < -0.3 is 10.1 Å². The van der Waals surface area contributed by atoms with E-state index in [2.05, 4.69) is 15.0 Å². The van der Waals surface area contributed by atoms with Gasteiger partial charge in [0.1, 0.15) is 17.6 Å². The summed E-state index contributed by atoms with van der Waals surface area (Å²) in [6.45, 7) is 1.47. The molecule has 0 radical (unpaired) electrons. The number of alkyl halides is 3. The summed E-state index contributed by atoms with van der Waals surface area (Å²) in [7, 11) is 1.19. The lowest BCUT2D eigenvalue weighted by Crippen LogP contribution is -2.27. The first kappa shape index (κ1) is 13.3. The van der Waals surface area contributed by atoms with Crippen molar-refractivity contribution in [2.45, 2.75) is 19.1 Å². The van der Waals surface area contributed by atoms with Gasteiger partial charge in [0.2, 0.25) is 0 Å². The number of hydrogen-bond acceptors (Lipinski definition) is 4. The number of hydrogen-bond donors (Lipinski definition) is 1. The lowest BCUT2D eigenvalue weighted by Gasteiger charge is -2.13. The molecule has 0 aliphatic rings. The summed E-state index contributed by atoms with van der Waals surface area (Å²) in [4.78, 5) is 14.4. The Balaban J connectivity index is 2.83. The minimum atomic E-state index is -4.51. The molecule has 0 saturated heterocycles. The van der Waals surface area contributed by atoms with Crippen LogP contribution in [0.25, 0.3) is 0 Å². The summed E-state index contributed by atoms with van der Waals surface area (Å²) in [5, 5.41) is 2.52. The number of nitrogens with one attached hydrogen (secondary N) is 1. The number of methoxy groups -OCH3 is 1. The Hall–Kier alpha value is -1.79. The molecule has 1 atom stereocenters. The van der Waals surface area contributed by atoms with Gasteiger partial charge in [0, 0.05) is 0 Å². The summed E-state index contributed by atoms with van der Waals surface area (Å²) in [5.74, 6) is -0.609. The highest BCUT2D eigenvalue weighted by molar-refractivity contribution is 5.78. The van der Waals surface area contributed by atoms with E-state index in [4.69, 9.17) is 0 Å². The third-order valence-corrected chi connectivity index (χ3v) is 1.96. The second kappa shape index (κ2) is 5.03. The fourth-order valence-electron chi connectivity index (χ4n) is 1.13. The molecule has 0 spiro atoms. The van der Waals surface area contributed by atoms with E-state index in [1.165, 1.54) is 26.2 Å². The predicted molar refractivity (Wildman–Crippen MR) is 54.3 cm³/mol. The van der Waals surface area contributed by atoms with Crippen molar-refractivity contribution in [1.82, 2.24) is 4.98 Å². The molecule has 0 aliphatic heterocycles. The summed E-state index contributed by atoms with van der Waals surface area (Å²) < 4.78 is 41.5. The van der Waals surface area contributed by atoms with Crippen LogP contribution in [0.2, 0.25) is 0 Å². The first-order chi connectivity index (χ1) is 7.84. The number of anilines is 1. The van der Waals surface area contributed by atoms with Gasteiger partial charge in [0.05, 0.1) is 7.11 Å². The van der Waals surface area contributed by atoms with Crippen molar-refractivity contribution in [3.05, 3.63) is 23.9 Å². The Morgan fingerprint density at radius 3 is 2.65 bits per heavy atom. The van der Waals surface area contributed by atoms with Crippen LogP contribution in [0, 0.1) is 0 Å². The second-order valence-corrected chi connectivity index (χ2v) is 3.30. The first-order valence-corrected chi connectivity index (χ1v) is 4.73. The smallest absolute Gasteiger partial charge is 0.433 e. The highest BCUT2D eigenvalue weighted by atomic mass is 19.4. The molecule has 1 aromatic heterocycles. The van der Waals surface area contributed by atoms with Crippen molar-refractivity contribution in [1.29, 1.82) is 0 Å². The summed E-state index contributed by atoms with van der Waals surface area (Å²) in [6, 6.07) is 2.64. The average molecular weight is 248 g/mol. The van der Waals surface area contributed by atoms with Crippen LogP contribution in [0.15, 0.2) is 18.2 Å². The molecular formula is C10H11F3N2O2. The highest BCUT2D eigenvalue weighted by Crippen LogP contribution is 2.28. The number of carbonyl (C=O) groups excluding carboxylic acids is 1. The van der Waals surface area contributed by atoms with Gasteiger partial charge in [-0.2, -0.15) is 13.2 Å². The normalized spacial score (nSPS) is 13.0. The number of esters is 1. The molecule has 0 amide bonds. The number of pyridine rings is 1. The Morgan fingerprint density at radius 1 is 1.47 bits per heavy atom. The number of ether oxygens (including phenoxy) is 1. The minimum absolute atomic E-state index is 0.0299. The largest absolute Gasteiger partial charge is 0.467 e. The maximum atomic E-state index is 12.3. The average Bonchev–Trinajstić information content (AvgIpc) is 2.27. The predicted octanol–water partition coefficient (Wildman–Crippen LogP) is 2.07. The van der Waals surface area contributed by atoms with Crippen LogP contribution in [0.5, 0.6) is 0 Å². The lowest BCUT2D eigenvalue weighted by molar-refractivity contribution is -0.141. The van der Waals surface area contributed by atoms with Crippen molar-refractivity contribution in [2.24, 2.45) is 0 Å². The van der Waals surface area contributed by atoms with Gasteiger partial charge in [-0.3, -0.25) is 0 Å². The van der Waals surface area contributed by atoms with Crippen molar-refractivity contribution in [3.63, 3.8) is 0 Å². The lowest BCUT2D eigenvalue weighted by atomic mass is 10.3. The fourth-order valence-corrected chi connectivity index (χ4v) is 1.13. The number of halogens is 3. The van der Waals surface area contributed by atoms with Crippen molar-refractivity contribution in [3.8, 4) is 0 Å². The summed E-state index contributed by atoms with van der Waals surface area (Å²) in [5.41, 5.74) is -1.01. The van der Waals surface area contributed by atoms with Crippen molar-refractivity contribution in [2.75, 3.05) is 12.4 Å². The highest BCUT2D eigenvalue weighted by Gasteiger charge is 2.32. The number of rotatable bonds is 3. The molecular weight excluding hydrogens is 237 g/mol. The van der Waals surface area contributed by atoms with Crippen LogP contribution in [0.3, 0.4) is 0 Å². The second-order valence-electron chi connectivity index (χ2n) is 3.30. The maximum absolute atomic E-state index is 12.3. The monoisotopic (exact) mass is 248 g/mol. The maximum Gasteiger partial charge on any atom is 0.433 e. The van der Waals surface area contributed by atoms with Gasteiger partial charge >= 0.3 is 12.1 Å². The summed E-state index contributed by atoms with van der Waals surface area (Å²) in [6.07, 6.45) is -4.51. The topological polar surface area (TPSA) is 51.2 Å². The van der Waals surface area contributed by atoms with Gasteiger partial charge in [-0.05, 0) is 19.1 Å². The van der Waals surface area contributed by atoms with Gasteiger partial charge in [0.25, 0.3) is 0 Å². The Bertz CT molecular complexity index is 407. The molecule has 7 heteroatoms. The van der Waals surface area contributed by atoms with Gasteiger partial charge in [0.15, 0.2) is 0 Å². The van der Waals surface area contributed by atoms with Crippen molar-refractivity contribution < 1.29 is 22.7 Å². The van der Waals surface area contributed by atoms with Gasteiger partial charge in [-0.25, -0.2) is 9.78 Å². The zero-order valence-corrected chi connectivity index (χ0v) is 9.21. The summed E-state index contributed by atoms with van der Waals surface area (Å²) >= 11 is 0. The van der Waals surface area contributed by atoms with E-state index in [-0.39, 0.29) is 5.82 Å². The van der Waals surface area contributed by atoms with Crippen LogP contribution >= 0.6 is 0 Å². The molecule has 0 saturated carbocycles. The SMILES string of the molecule is COC(=O)C(C)Nc1cccc(C(F)(F)F)n1. The van der Waals surface area contributed by atoms with E-state index in [0.29, 0.717) is 0 Å². The molecule has 4 nitrogen and oxygen atoms in total. The number of nitrogens with zero attached hydrogens (tertiary/aromatic N) is 1. The molecule has 1 unspecified atom stereocenters. The molecule has 94 valence electrons. The molecule has 1 rings (SSSR count). The number of aromatic nitrogens is 1. The van der Waals surface area contributed by atoms with Crippen LogP contribution < -0.4 is 5.32 Å². The van der Waals surface area contributed by atoms with Crippen LogP contribution in [-0.2, 0) is 15.7 Å². The van der Waals surface area contributed by atoms with E-state index in [1.54, 1.807) is 0 Å². The molecule has 1 aromatic rings. The zero-order chi connectivity index (χ0) is 13.1. The Kier molecular flexibility index (Phi) is 3.93. The molecule has 0 fully saturated rings. The molecule has 0 aliphatic carbocycles. The van der Waals surface area contributed by atoms with Crippen LogP contribution in [-0.4, -0.2) is 24.1 Å². The van der Waals surface area contributed by atoms with Gasteiger partial charge in [-0.15, -0.1) is 0 Å². The van der Waals surface area contributed by atoms with E-state index in [9.17, 15) is 18.0 Å². The molecule has 1 heterocycles. The molecule has 1 N–H and O–H groups in total. The quantitative estimate of drug-likeness (QED) is 0.832. The van der Waals surface area contributed by atoms with E-state index < -0.39 is 23.9 Å². The van der Waals surface area contributed by atoms with Crippen LogP contribution in [0.1, 0.15) is 12.6 Å². The van der Waals surface area contributed by atoms with Gasteiger partial charge in [-0.1, -0.05) is 6.07 Å². The molecule has 17 heavy (non-hydrogen) atoms. The minimum Gasteiger partial charge on any atom is -0.467 e. The molecule has 0 bridgehead atoms. The molecule has 0 aromatic carbocycles. The number of carbonyl (C=O) groups is 1. The fraction of sp³-hybridized carbons (Fsp3) is 0.400. The van der Waals surface area contributed by atoms with E-state index in [0.717, 1.165) is 6.07 Å². The Labute approximate surface area is 95.8 Å². The van der Waals surface area contributed by atoms with E-state index >= 15 is 0 Å². The third kappa shape index (κ3) is 3.61. The van der Waals surface area contributed by atoms with Crippen LogP contribution in [0.4, 0.5) is 19.0 Å². The standard InChI is InChI=1S/C10H11F3N2O2/c1-6(9(16)17-2)14-8-5-3-4-7(15-8)10(11,12)13/h3-6H,1-2H3,(H,14,15). The first-order valence-electron chi connectivity index (χ1n) is 4.73. The Morgan fingerprint density at radius 2 is 2.12 bits per heavy atom. The van der Waals surface area contributed by atoms with Crippen molar-refractivity contribution >= 4 is 11.8 Å². The zero-order valence-electron chi connectivity index (χ0n) is 9.21. The van der Waals surface area contributed by atoms with E-state index in [1.807, 2.05) is 0 Å².